The van der Waals surface area contributed by atoms with Gasteiger partial charge >= 0.3 is 0 Å². The summed E-state index contributed by atoms with van der Waals surface area (Å²) >= 11 is 0. The third kappa shape index (κ3) is 1.57. The lowest BCUT2D eigenvalue weighted by Gasteiger charge is -2.20. The second-order valence-electron chi connectivity index (χ2n) is 3.68. The summed E-state index contributed by atoms with van der Waals surface area (Å²) in [6.45, 7) is 3.48. The van der Waals surface area contributed by atoms with Gasteiger partial charge in [-0.3, -0.25) is 4.98 Å². The van der Waals surface area contributed by atoms with Crippen LogP contribution < -0.4 is 5.32 Å². The van der Waals surface area contributed by atoms with E-state index in [4.69, 9.17) is 0 Å². The van der Waals surface area contributed by atoms with Crippen molar-refractivity contribution in [2.24, 2.45) is 0 Å². The van der Waals surface area contributed by atoms with Crippen molar-refractivity contribution in [2.75, 3.05) is 13.1 Å². The average molecular weight is 178 g/mol. The SMILES string of the molecule is Cc1ccc(C2(O)CCNC2)nc1. The molecule has 1 saturated heterocycles. The van der Waals surface area contributed by atoms with Gasteiger partial charge in [0.05, 0.1) is 5.69 Å². The van der Waals surface area contributed by atoms with Gasteiger partial charge in [-0.15, -0.1) is 0 Å². The van der Waals surface area contributed by atoms with Crippen LogP contribution in [0.25, 0.3) is 0 Å². The van der Waals surface area contributed by atoms with Gasteiger partial charge in [0.1, 0.15) is 5.60 Å². The van der Waals surface area contributed by atoms with Crippen LogP contribution in [0.4, 0.5) is 0 Å². The highest BCUT2D eigenvalue weighted by atomic mass is 16.3. The predicted molar refractivity (Wildman–Crippen MR) is 50.4 cm³/mol. The first-order valence-electron chi connectivity index (χ1n) is 4.57. The van der Waals surface area contributed by atoms with Crippen LogP contribution in [0.2, 0.25) is 0 Å². The molecule has 1 aliphatic rings. The maximum absolute atomic E-state index is 10.1. The number of aryl methyl sites for hydroxylation is 1. The summed E-state index contributed by atoms with van der Waals surface area (Å²) in [5.41, 5.74) is 1.16. The number of pyridine rings is 1. The summed E-state index contributed by atoms with van der Waals surface area (Å²) in [5, 5.41) is 13.3. The molecule has 0 bridgehead atoms. The Hall–Kier alpha value is -0.930. The summed E-state index contributed by atoms with van der Waals surface area (Å²) in [5.74, 6) is 0. The van der Waals surface area contributed by atoms with Crippen molar-refractivity contribution in [3.8, 4) is 0 Å². The van der Waals surface area contributed by atoms with Gasteiger partial charge in [-0.2, -0.15) is 0 Å². The summed E-state index contributed by atoms with van der Waals surface area (Å²) in [6.07, 6.45) is 2.55. The van der Waals surface area contributed by atoms with Crippen molar-refractivity contribution in [3.63, 3.8) is 0 Å². The van der Waals surface area contributed by atoms with Crippen molar-refractivity contribution >= 4 is 0 Å². The number of rotatable bonds is 1. The highest BCUT2D eigenvalue weighted by molar-refractivity contribution is 5.19. The van der Waals surface area contributed by atoms with E-state index in [9.17, 15) is 5.11 Å². The van der Waals surface area contributed by atoms with E-state index >= 15 is 0 Å². The minimum absolute atomic E-state index is 0.614. The highest BCUT2D eigenvalue weighted by Crippen LogP contribution is 2.25. The van der Waals surface area contributed by atoms with Crippen LogP contribution in [0.1, 0.15) is 17.7 Å². The molecule has 0 radical (unpaired) electrons. The Morgan fingerprint density at radius 1 is 1.54 bits per heavy atom. The molecule has 3 nitrogen and oxygen atoms in total. The molecule has 1 fully saturated rings. The number of hydrogen-bond donors (Lipinski definition) is 2. The molecule has 1 unspecified atom stereocenters. The number of hydrogen-bond acceptors (Lipinski definition) is 3. The predicted octanol–water partition coefficient (Wildman–Crippen LogP) is 0.571. The van der Waals surface area contributed by atoms with Gasteiger partial charge in [0, 0.05) is 12.7 Å². The molecule has 1 aliphatic heterocycles. The lowest BCUT2D eigenvalue weighted by molar-refractivity contribution is 0.0541. The van der Waals surface area contributed by atoms with E-state index in [0.29, 0.717) is 6.54 Å². The van der Waals surface area contributed by atoms with Crippen molar-refractivity contribution in [1.29, 1.82) is 0 Å². The molecule has 1 atom stereocenters. The van der Waals surface area contributed by atoms with Gasteiger partial charge in [0.25, 0.3) is 0 Å². The van der Waals surface area contributed by atoms with Gasteiger partial charge in [-0.05, 0) is 31.5 Å². The van der Waals surface area contributed by atoms with Crippen LogP contribution in [0.5, 0.6) is 0 Å². The first kappa shape index (κ1) is 8.66. The van der Waals surface area contributed by atoms with Crippen molar-refractivity contribution in [2.45, 2.75) is 18.9 Å². The number of aliphatic hydroxyl groups is 1. The maximum Gasteiger partial charge on any atom is 0.120 e. The van der Waals surface area contributed by atoms with Crippen molar-refractivity contribution in [1.82, 2.24) is 10.3 Å². The quantitative estimate of drug-likeness (QED) is 0.661. The van der Waals surface area contributed by atoms with Gasteiger partial charge in [0.2, 0.25) is 0 Å². The van der Waals surface area contributed by atoms with Crippen LogP contribution in [-0.4, -0.2) is 23.2 Å². The Balaban J connectivity index is 2.29. The Bertz CT molecular complexity index is 288. The lowest BCUT2D eigenvalue weighted by Crippen LogP contribution is -2.29. The molecule has 0 aliphatic carbocycles. The Morgan fingerprint density at radius 2 is 2.38 bits per heavy atom. The number of nitrogens with one attached hydrogen (secondary N) is 1. The fraction of sp³-hybridized carbons (Fsp3) is 0.500. The van der Waals surface area contributed by atoms with E-state index in [1.807, 2.05) is 19.1 Å². The van der Waals surface area contributed by atoms with Crippen LogP contribution in [0.15, 0.2) is 18.3 Å². The van der Waals surface area contributed by atoms with E-state index in [2.05, 4.69) is 10.3 Å². The Kier molecular flexibility index (Phi) is 2.06. The molecule has 70 valence electrons. The normalized spacial score (nSPS) is 27.8. The second-order valence-corrected chi connectivity index (χ2v) is 3.68. The molecule has 2 heterocycles. The fourth-order valence-electron chi connectivity index (χ4n) is 1.64. The molecule has 0 saturated carbocycles. The third-order valence-electron chi connectivity index (χ3n) is 2.52. The zero-order valence-electron chi connectivity index (χ0n) is 7.75. The van der Waals surface area contributed by atoms with Crippen LogP contribution in [-0.2, 0) is 5.60 Å². The van der Waals surface area contributed by atoms with E-state index in [1.165, 1.54) is 0 Å². The molecule has 13 heavy (non-hydrogen) atoms. The fourth-order valence-corrected chi connectivity index (χ4v) is 1.64. The zero-order valence-corrected chi connectivity index (χ0v) is 7.75. The van der Waals surface area contributed by atoms with E-state index in [0.717, 1.165) is 24.2 Å². The monoisotopic (exact) mass is 178 g/mol. The molecular formula is C10H14N2O. The van der Waals surface area contributed by atoms with Crippen LogP contribution in [0, 0.1) is 6.92 Å². The molecule has 0 spiro atoms. The second kappa shape index (κ2) is 3.09. The first-order chi connectivity index (χ1) is 6.21. The van der Waals surface area contributed by atoms with Gasteiger partial charge in [-0.25, -0.2) is 0 Å². The maximum atomic E-state index is 10.1. The number of nitrogens with zero attached hydrogens (tertiary/aromatic N) is 1. The summed E-state index contributed by atoms with van der Waals surface area (Å²) in [4.78, 5) is 4.24. The molecule has 2 rings (SSSR count). The van der Waals surface area contributed by atoms with E-state index < -0.39 is 5.60 Å². The topological polar surface area (TPSA) is 45.1 Å². The summed E-state index contributed by atoms with van der Waals surface area (Å²) < 4.78 is 0. The standard InChI is InChI=1S/C10H14N2O/c1-8-2-3-9(12-6-8)10(13)4-5-11-7-10/h2-3,6,11,13H,4-5,7H2,1H3. The summed E-state index contributed by atoms with van der Waals surface area (Å²) in [6, 6.07) is 3.89. The smallest absolute Gasteiger partial charge is 0.120 e. The van der Waals surface area contributed by atoms with Gasteiger partial charge in [-0.1, -0.05) is 6.07 Å². The molecule has 0 aromatic carbocycles. The zero-order chi connectivity index (χ0) is 9.31. The number of β-amino-alcohol motifs (C(OH)–C–C–N with tert-alkyl or cyclic N) is 1. The molecular weight excluding hydrogens is 164 g/mol. The molecule has 3 heteroatoms. The highest BCUT2D eigenvalue weighted by Gasteiger charge is 2.33. The van der Waals surface area contributed by atoms with Crippen LogP contribution >= 0.6 is 0 Å². The molecule has 2 N–H and O–H groups in total. The van der Waals surface area contributed by atoms with Gasteiger partial charge in [0.15, 0.2) is 0 Å². The third-order valence-corrected chi connectivity index (χ3v) is 2.52. The van der Waals surface area contributed by atoms with Crippen LogP contribution in [0.3, 0.4) is 0 Å². The Labute approximate surface area is 77.8 Å². The largest absolute Gasteiger partial charge is 0.382 e. The van der Waals surface area contributed by atoms with E-state index in [-0.39, 0.29) is 0 Å². The minimum atomic E-state index is -0.742. The van der Waals surface area contributed by atoms with Crippen molar-refractivity contribution in [3.05, 3.63) is 29.6 Å². The molecule has 0 amide bonds. The van der Waals surface area contributed by atoms with Gasteiger partial charge < -0.3 is 10.4 Å². The summed E-state index contributed by atoms with van der Waals surface area (Å²) in [7, 11) is 0. The number of aromatic nitrogens is 1. The lowest BCUT2D eigenvalue weighted by atomic mass is 9.98. The van der Waals surface area contributed by atoms with Crippen molar-refractivity contribution < 1.29 is 5.11 Å². The van der Waals surface area contributed by atoms with E-state index in [1.54, 1.807) is 6.20 Å². The average Bonchev–Trinajstić information content (AvgIpc) is 2.54. The molecule has 1 aromatic heterocycles. The minimum Gasteiger partial charge on any atom is -0.382 e. The Morgan fingerprint density at radius 3 is 2.92 bits per heavy atom. The first-order valence-corrected chi connectivity index (χ1v) is 4.57. The molecule has 1 aromatic rings.